The average Bonchev–Trinajstić information content (AvgIpc) is 2.89. The zero-order valence-electron chi connectivity index (χ0n) is 13.6. The van der Waals surface area contributed by atoms with Gasteiger partial charge < -0.3 is 15.7 Å². The first kappa shape index (κ1) is 16.3. The molecule has 0 radical (unpaired) electrons. The molecule has 1 heterocycles. The van der Waals surface area contributed by atoms with Gasteiger partial charge in [0.25, 0.3) is 0 Å². The third-order valence-corrected chi connectivity index (χ3v) is 5.03. The molecule has 1 aliphatic carbocycles. The van der Waals surface area contributed by atoms with Crippen molar-refractivity contribution < 1.29 is 5.11 Å². The van der Waals surface area contributed by atoms with Crippen molar-refractivity contribution in [1.29, 1.82) is 0 Å². The van der Waals surface area contributed by atoms with Crippen LogP contribution in [-0.4, -0.2) is 35.9 Å². The van der Waals surface area contributed by atoms with Crippen molar-refractivity contribution in [3.05, 3.63) is 0 Å². The molecule has 4 unspecified atom stereocenters. The number of rotatable bonds is 6. The van der Waals surface area contributed by atoms with Crippen molar-refractivity contribution in [1.82, 2.24) is 10.6 Å². The highest BCUT2D eigenvalue weighted by Gasteiger charge is 2.34. The third-order valence-electron chi connectivity index (χ3n) is 5.03. The highest BCUT2D eigenvalue weighted by atomic mass is 16.3. The minimum absolute atomic E-state index is 0.547. The normalized spacial score (nSPS) is 34.4. The molecule has 2 aliphatic rings. The topological polar surface area (TPSA) is 44.3 Å². The molecule has 3 nitrogen and oxygen atoms in total. The Hall–Kier alpha value is -0.120. The summed E-state index contributed by atoms with van der Waals surface area (Å²) >= 11 is 0. The maximum Gasteiger partial charge on any atom is 0.0746 e. The molecular formula is C17H34N2O. The third kappa shape index (κ3) is 4.71. The maximum atomic E-state index is 10.5. The van der Waals surface area contributed by atoms with Crippen molar-refractivity contribution in [3.63, 3.8) is 0 Å². The SMILES string of the molecule is CC(C)CC(C)(O)CNC1CCCCC1C1CCCN1. The highest BCUT2D eigenvalue weighted by Crippen LogP contribution is 2.31. The Balaban J connectivity index is 1.85. The molecule has 1 saturated heterocycles. The van der Waals surface area contributed by atoms with Crippen molar-refractivity contribution in [2.24, 2.45) is 11.8 Å². The molecule has 1 saturated carbocycles. The summed E-state index contributed by atoms with van der Waals surface area (Å²) in [6.45, 7) is 8.27. The molecule has 3 heteroatoms. The van der Waals surface area contributed by atoms with E-state index in [0.29, 0.717) is 18.0 Å². The molecule has 0 bridgehead atoms. The zero-order valence-corrected chi connectivity index (χ0v) is 13.6. The van der Waals surface area contributed by atoms with Gasteiger partial charge in [-0.05, 0) is 57.4 Å². The van der Waals surface area contributed by atoms with Gasteiger partial charge in [-0.2, -0.15) is 0 Å². The van der Waals surface area contributed by atoms with Crippen LogP contribution in [0.5, 0.6) is 0 Å². The second-order valence-electron chi connectivity index (χ2n) is 7.73. The lowest BCUT2D eigenvalue weighted by Gasteiger charge is -2.38. The van der Waals surface area contributed by atoms with Crippen LogP contribution >= 0.6 is 0 Å². The van der Waals surface area contributed by atoms with Gasteiger partial charge in [0.15, 0.2) is 0 Å². The van der Waals surface area contributed by atoms with E-state index < -0.39 is 5.60 Å². The van der Waals surface area contributed by atoms with E-state index in [2.05, 4.69) is 24.5 Å². The average molecular weight is 282 g/mol. The minimum atomic E-state index is -0.570. The van der Waals surface area contributed by atoms with Gasteiger partial charge in [0.2, 0.25) is 0 Å². The van der Waals surface area contributed by atoms with Gasteiger partial charge in [-0.3, -0.25) is 0 Å². The molecule has 118 valence electrons. The van der Waals surface area contributed by atoms with Crippen molar-refractivity contribution in [2.45, 2.75) is 83.4 Å². The van der Waals surface area contributed by atoms with Crippen molar-refractivity contribution in [3.8, 4) is 0 Å². The summed E-state index contributed by atoms with van der Waals surface area (Å²) in [5, 5.41) is 17.9. The Morgan fingerprint density at radius 1 is 1.20 bits per heavy atom. The van der Waals surface area contributed by atoms with E-state index in [0.717, 1.165) is 18.9 Å². The van der Waals surface area contributed by atoms with Crippen LogP contribution < -0.4 is 10.6 Å². The Morgan fingerprint density at radius 3 is 2.60 bits per heavy atom. The molecule has 2 rings (SSSR count). The fourth-order valence-corrected chi connectivity index (χ4v) is 4.27. The van der Waals surface area contributed by atoms with Gasteiger partial charge >= 0.3 is 0 Å². The van der Waals surface area contributed by atoms with Crippen LogP contribution in [0, 0.1) is 11.8 Å². The molecule has 20 heavy (non-hydrogen) atoms. The van der Waals surface area contributed by atoms with Crippen LogP contribution in [0.2, 0.25) is 0 Å². The van der Waals surface area contributed by atoms with Crippen LogP contribution in [0.25, 0.3) is 0 Å². The number of hydrogen-bond donors (Lipinski definition) is 3. The van der Waals surface area contributed by atoms with Crippen LogP contribution in [0.3, 0.4) is 0 Å². The summed E-state index contributed by atoms with van der Waals surface area (Å²) in [6.07, 6.45) is 8.89. The quantitative estimate of drug-likeness (QED) is 0.702. The van der Waals surface area contributed by atoms with Crippen molar-refractivity contribution in [2.75, 3.05) is 13.1 Å². The highest BCUT2D eigenvalue weighted by molar-refractivity contribution is 4.92. The molecular weight excluding hydrogens is 248 g/mol. The standard InChI is InChI=1S/C17H34N2O/c1-13(2)11-17(3,20)12-19-16-8-5-4-7-14(16)15-9-6-10-18-15/h13-16,18-20H,4-12H2,1-3H3. The molecule has 0 aromatic rings. The van der Waals surface area contributed by atoms with Gasteiger partial charge in [-0.1, -0.05) is 26.7 Å². The molecule has 1 aliphatic heterocycles. The molecule has 0 spiro atoms. The van der Waals surface area contributed by atoms with E-state index in [-0.39, 0.29) is 0 Å². The fourth-order valence-electron chi connectivity index (χ4n) is 4.27. The van der Waals surface area contributed by atoms with Crippen LogP contribution in [-0.2, 0) is 0 Å². The summed E-state index contributed by atoms with van der Waals surface area (Å²) in [4.78, 5) is 0. The lowest BCUT2D eigenvalue weighted by Crippen LogP contribution is -2.51. The largest absolute Gasteiger partial charge is 0.389 e. The second-order valence-corrected chi connectivity index (χ2v) is 7.73. The first-order chi connectivity index (χ1) is 9.48. The van der Waals surface area contributed by atoms with E-state index in [1.165, 1.54) is 45.1 Å². The van der Waals surface area contributed by atoms with Crippen molar-refractivity contribution >= 4 is 0 Å². The summed E-state index contributed by atoms with van der Waals surface area (Å²) in [7, 11) is 0. The number of hydrogen-bond acceptors (Lipinski definition) is 3. The summed E-state index contributed by atoms with van der Waals surface area (Å²) in [5.41, 5.74) is -0.570. The summed E-state index contributed by atoms with van der Waals surface area (Å²) in [5.74, 6) is 1.31. The molecule has 3 N–H and O–H groups in total. The monoisotopic (exact) mass is 282 g/mol. The lowest BCUT2D eigenvalue weighted by atomic mass is 9.79. The second kappa shape index (κ2) is 7.24. The number of nitrogens with one attached hydrogen (secondary N) is 2. The van der Waals surface area contributed by atoms with E-state index in [1.54, 1.807) is 0 Å². The Bertz CT molecular complexity index is 285. The molecule has 4 atom stereocenters. The minimum Gasteiger partial charge on any atom is -0.389 e. The van der Waals surface area contributed by atoms with E-state index in [1.807, 2.05) is 6.92 Å². The van der Waals surface area contributed by atoms with Crippen LogP contribution in [0.1, 0.15) is 65.7 Å². The molecule has 0 amide bonds. The first-order valence-corrected chi connectivity index (χ1v) is 8.67. The zero-order chi connectivity index (χ0) is 14.6. The Labute approximate surface area is 124 Å². The van der Waals surface area contributed by atoms with Gasteiger partial charge in [-0.15, -0.1) is 0 Å². The fraction of sp³-hybridized carbons (Fsp3) is 1.00. The smallest absolute Gasteiger partial charge is 0.0746 e. The maximum absolute atomic E-state index is 10.5. The van der Waals surface area contributed by atoms with E-state index >= 15 is 0 Å². The van der Waals surface area contributed by atoms with E-state index in [4.69, 9.17) is 0 Å². The molecule has 0 aromatic heterocycles. The summed E-state index contributed by atoms with van der Waals surface area (Å²) < 4.78 is 0. The Morgan fingerprint density at radius 2 is 1.95 bits per heavy atom. The predicted molar refractivity (Wildman–Crippen MR) is 84.9 cm³/mol. The predicted octanol–water partition coefficient (Wildman–Crippen LogP) is 2.68. The first-order valence-electron chi connectivity index (χ1n) is 8.67. The van der Waals surface area contributed by atoms with Gasteiger partial charge in [-0.25, -0.2) is 0 Å². The van der Waals surface area contributed by atoms with Gasteiger partial charge in [0, 0.05) is 18.6 Å². The lowest BCUT2D eigenvalue weighted by molar-refractivity contribution is 0.0307. The van der Waals surface area contributed by atoms with Crippen LogP contribution in [0.15, 0.2) is 0 Å². The Kier molecular flexibility index (Phi) is 5.88. The van der Waals surface area contributed by atoms with Crippen LogP contribution in [0.4, 0.5) is 0 Å². The van der Waals surface area contributed by atoms with E-state index in [9.17, 15) is 5.11 Å². The van der Waals surface area contributed by atoms with Gasteiger partial charge in [0.05, 0.1) is 5.60 Å². The number of aliphatic hydroxyl groups is 1. The molecule has 0 aromatic carbocycles. The summed E-state index contributed by atoms with van der Waals surface area (Å²) in [6, 6.07) is 1.31. The van der Waals surface area contributed by atoms with Gasteiger partial charge in [0.1, 0.15) is 0 Å². The molecule has 2 fully saturated rings.